The van der Waals surface area contributed by atoms with Gasteiger partial charge < -0.3 is 9.64 Å². The second kappa shape index (κ2) is 6.58. The van der Waals surface area contributed by atoms with Crippen molar-refractivity contribution >= 4 is 11.6 Å². The molecule has 0 bridgehead atoms. The highest BCUT2D eigenvalue weighted by molar-refractivity contribution is 6.06. The molecule has 0 radical (unpaired) electrons. The minimum absolute atomic E-state index is 0.119. The highest BCUT2D eigenvalue weighted by Gasteiger charge is 2.18. The summed E-state index contributed by atoms with van der Waals surface area (Å²) in [5.41, 5.74) is 1.81. The fourth-order valence-electron chi connectivity index (χ4n) is 2.12. The van der Waals surface area contributed by atoms with Crippen molar-refractivity contribution in [3.8, 4) is 11.8 Å². The molecule has 21 heavy (non-hydrogen) atoms. The fourth-order valence-corrected chi connectivity index (χ4v) is 2.12. The van der Waals surface area contributed by atoms with E-state index >= 15 is 0 Å². The molecule has 0 aliphatic carbocycles. The van der Waals surface area contributed by atoms with Crippen molar-refractivity contribution in [3.63, 3.8) is 0 Å². The SMILES string of the molecule is CCN(C(=O)c1ccc(C#N)cc1)c1ccccc1OC. The minimum atomic E-state index is -0.119. The molecule has 0 N–H and O–H groups in total. The summed E-state index contributed by atoms with van der Waals surface area (Å²) in [5.74, 6) is 0.535. The quantitative estimate of drug-likeness (QED) is 0.864. The molecule has 4 nitrogen and oxygen atoms in total. The molecule has 0 saturated carbocycles. The van der Waals surface area contributed by atoms with Crippen LogP contribution in [0.25, 0.3) is 0 Å². The molecule has 0 heterocycles. The summed E-state index contributed by atoms with van der Waals surface area (Å²) in [6.07, 6.45) is 0. The fraction of sp³-hybridized carbons (Fsp3) is 0.176. The first-order chi connectivity index (χ1) is 10.2. The predicted molar refractivity (Wildman–Crippen MR) is 81.5 cm³/mol. The van der Waals surface area contributed by atoms with Crippen LogP contribution in [0.15, 0.2) is 48.5 Å². The average molecular weight is 280 g/mol. The first kappa shape index (κ1) is 14.6. The molecule has 2 aromatic rings. The Labute approximate surface area is 124 Å². The smallest absolute Gasteiger partial charge is 0.258 e. The minimum Gasteiger partial charge on any atom is -0.495 e. The molecule has 2 rings (SSSR count). The maximum atomic E-state index is 12.6. The monoisotopic (exact) mass is 280 g/mol. The van der Waals surface area contributed by atoms with Gasteiger partial charge >= 0.3 is 0 Å². The number of carbonyl (C=O) groups excluding carboxylic acids is 1. The summed E-state index contributed by atoms with van der Waals surface area (Å²) < 4.78 is 5.31. The lowest BCUT2D eigenvalue weighted by atomic mass is 10.1. The number of carbonyl (C=O) groups is 1. The van der Waals surface area contributed by atoms with Gasteiger partial charge in [-0.15, -0.1) is 0 Å². The summed E-state index contributed by atoms with van der Waals surface area (Å²) in [4.78, 5) is 14.3. The van der Waals surface area contributed by atoms with Gasteiger partial charge in [-0.2, -0.15) is 5.26 Å². The normalized spacial score (nSPS) is 9.76. The van der Waals surface area contributed by atoms with Gasteiger partial charge in [0.05, 0.1) is 24.4 Å². The van der Waals surface area contributed by atoms with Crippen molar-refractivity contribution in [2.75, 3.05) is 18.6 Å². The van der Waals surface area contributed by atoms with Crippen LogP contribution in [0.5, 0.6) is 5.75 Å². The van der Waals surface area contributed by atoms with Crippen molar-refractivity contribution in [1.82, 2.24) is 0 Å². The Bertz CT molecular complexity index is 672. The molecule has 1 amide bonds. The van der Waals surface area contributed by atoms with Gasteiger partial charge in [0.25, 0.3) is 5.91 Å². The number of methoxy groups -OCH3 is 1. The molecule has 0 aliphatic heterocycles. The van der Waals surface area contributed by atoms with Gasteiger partial charge in [0.2, 0.25) is 0 Å². The zero-order valence-corrected chi connectivity index (χ0v) is 12.0. The Hall–Kier alpha value is -2.80. The zero-order valence-electron chi connectivity index (χ0n) is 12.0. The molecule has 0 unspecified atom stereocenters. The van der Waals surface area contributed by atoms with E-state index in [4.69, 9.17) is 10.00 Å². The molecule has 0 spiro atoms. The Morgan fingerprint density at radius 1 is 1.19 bits per heavy atom. The van der Waals surface area contributed by atoms with Crippen molar-refractivity contribution < 1.29 is 9.53 Å². The number of nitrogens with zero attached hydrogens (tertiary/aromatic N) is 2. The molecule has 0 fully saturated rings. The van der Waals surface area contributed by atoms with Gasteiger partial charge in [0, 0.05) is 12.1 Å². The molecule has 106 valence electrons. The molecule has 4 heteroatoms. The predicted octanol–water partition coefficient (Wildman–Crippen LogP) is 3.23. The molecule has 2 aromatic carbocycles. The largest absolute Gasteiger partial charge is 0.495 e. The van der Waals surface area contributed by atoms with E-state index < -0.39 is 0 Å². The topological polar surface area (TPSA) is 53.3 Å². The molecule has 0 aliphatic rings. The zero-order chi connectivity index (χ0) is 15.2. The van der Waals surface area contributed by atoms with E-state index in [1.165, 1.54) is 0 Å². The third kappa shape index (κ3) is 3.03. The number of amides is 1. The van der Waals surface area contributed by atoms with Gasteiger partial charge in [0.15, 0.2) is 0 Å². The number of hydrogen-bond acceptors (Lipinski definition) is 3. The van der Waals surface area contributed by atoms with Crippen molar-refractivity contribution in [3.05, 3.63) is 59.7 Å². The Morgan fingerprint density at radius 3 is 2.43 bits per heavy atom. The van der Waals surface area contributed by atoms with Crippen LogP contribution < -0.4 is 9.64 Å². The van der Waals surface area contributed by atoms with Gasteiger partial charge in [-0.25, -0.2) is 0 Å². The van der Waals surface area contributed by atoms with Crippen LogP contribution in [0, 0.1) is 11.3 Å². The number of anilines is 1. The standard InChI is InChI=1S/C17H16N2O2/c1-3-19(15-6-4-5-7-16(15)21-2)17(20)14-10-8-13(12-18)9-11-14/h4-11H,3H2,1-2H3. The number of benzene rings is 2. The second-order valence-corrected chi connectivity index (χ2v) is 4.41. The Kier molecular flexibility index (Phi) is 4.57. The van der Waals surface area contributed by atoms with E-state index in [0.29, 0.717) is 23.4 Å². The van der Waals surface area contributed by atoms with E-state index in [9.17, 15) is 4.79 Å². The third-order valence-electron chi connectivity index (χ3n) is 3.20. The lowest BCUT2D eigenvalue weighted by Gasteiger charge is -2.23. The summed E-state index contributed by atoms with van der Waals surface area (Å²) in [6.45, 7) is 2.44. The van der Waals surface area contributed by atoms with Gasteiger partial charge in [-0.05, 0) is 43.3 Å². The van der Waals surface area contributed by atoms with Gasteiger partial charge in [-0.3, -0.25) is 4.79 Å². The average Bonchev–Trinajstić information content (AvgIpc) is 2.56. The first-order valence-corrected chi connectivity index (χ1v) is 6.66. The summed E-state index contributed by atoms with van der Waals surface area (Å²) in [6, 6.07) is 16.1. The van der Waals surface area contributed by atoms with Crippen LogP contribution in [0.3, 0.4) is 0 Å². The van der Waals surface area contributed by atoms with Gasteiger partial charge in [-0.1, -0.05) is 12.1 Å². The van der Waals surface area contributed by atoms with Crippen LogP contribution in [0.2, 0.25) is 0 Å². The number of nitriles is 1. The maximum Gasteiger partial charge on any atom is 0.258 e. The van der Waals surface area contributed by atoms with E-state index in [2.05, 4.69) is 0 Å². The highest BCUT2D eigenvalue weighted by atomic mass is 16.5. The maximum absolute atomic E-state index is 12.6. The summed E-state index contributed by atoms with van der Waals surface area (Å²) in [7, 11) is 1.58. The highest BCUT2D eigenvalue weighted by Crippen LogP contribution is 2.28. The van der Waals surface area contributed by atoms with E-state index in [0.717, 1.165) is 5.69 Å². The molecule has 0 saturated heterocycles. The van der Waals surface area contributed by atoms with Crippen molar-refractivity contribution in [1.29, 1.82) is 5.26 Å². The van der Waals surface area contributed by atoms with Crippen LogP contribution in [-0.4, -0.2) is 19.6 Å². The molecule has 0 atom stereocenters. The van der Waals surface area contributed by atoms with Crippen LogP contribution in [0.4, 0.5) is 5.69 Å². The van der Waals surface area contributed by atoms with Gasteiger partial charge in [0.1, 0.15) is 5.75 Å². The lowest BCUT2D eigenvalue weighted by Crippen LogP contribution is -2.30. The number of para-hydroxylation sites is 2. The van der Waals surface area contributed by atoms with Crippen molar-refractivity contribution in [2.24, 2.45) is 0 Å². The molecule has 0 aromatic heterocycles. The molecular formula is C17H16N2O2. The van der Waals surface area contributed by atoms with E-state index in [-0.39, 0.29) is 5.91 Å². The summed E-state index contributed by atoms with van der Waals surface area (Å²) in [5, 5.41) is 8.81. The van der Waals surface area contributed by atoms with Crippen LogP contribution in [-0.2, 0) is 0 Å². The van der Waals surface area contributed by atoms with Crippen LogP contribution in [0.1, 0.15) is 22.8 Å². The van der Waals surface area contributed by atoms with E-state index in [1.54, 1.807) is 36.3 Å². The Balaban J connectivity index is 2.36. The second-order valence-electron chi connectivity index (χ2n) is 4.41. The lowest BCUT2D eigenvalue weighted by molar-refractivity contribution is 0.0987. The molecular weight excluding hydrogens is 264 g/mol. The number of ether oxygens (including phenoxy) is 1. The number of hydrogen-bond donors (Lipinski definition) is 0. The van der Waals surface area contributed by atoms with Crippen molar-refractivity contribution in [2.45, 2.75) is 6.92 Å². The Morgan fingerprint density at radius 2 is 1.86 bits per heavy atom. The number of rotatable bonds is 4. The first-order valence-electron chi connectivity index (χ1n) is 6.66. The summed E-state index contributed by atoms with van der Waals surface area (Å²) >= 11 is 0. The van der Waals surface area contributed by atoms with Crippen LogP contribution >= 0.6 is 0 Å². The third-order valence-corrected chi connectivity index (χ3v) is 3.20. The van der Waals surface area contributed by atoms with E-state index in [1.807, 2.05) is 37.3 Å².